The highest BCUT2D eigenvalue weighted by atomic mass is 32.1. The molecule has 3 heteroatoms. The molecule has 0 radical (unpaired) electrons. The first-order chi connectivity index (χ1) is 13.0. The summed E-state index contributed by atoms with van der Waals surface area (Å²) in [4.78, 5) is 0. The Kier molecular flexibility index (Phi) is 3.70. The molecule has 3 aromatic carbocycles. The van der Waals surface area contributed by atoms with Crippen LogP contribution in [0.25, 0.3) is 20.2 Å². The van der Waals surface area contributed by atoms with E-state index in [-0.39, 0.29) is 5.60 Å². The Bertz CT molecular complexity index is 1160. The first-order valence-electron chi connectivity index (χ1n) is 9.32. The number of hydrogen-bond donors (Lipinski definition) is 0. The smallest absolute Gasteiger partial charge is 0.127 e. The molecule has 2 heterocycles. The molecule has 1 aromatic heterocycles. The predicted octanol–water partition coefficient (Wildman–Crippen LogP) is 6.76. The lowest BCUT2D eigenvalue weighted by molar-refractivity contribution is 0.0771. The summed E-state index contributed by atoms with van der Waals surface area (Å²) in [6.45, 7) is 4.33. The molecule has 2 nitrogen and oxygen atoms in total. The second kappa shape index (κ2) is 6.00. The lowest BCUT2D eigenvalue weighted by Crippen LogP contribution is -2.35. The van der Waals surface area contributed by atoms with Crippen LogP contribution in [0.1, 0.15) is 37.3 Å². The van der Waals surface area contributed by atoms with Crippen LogP contribution >= 0.6 is 11.3 Å². The number of benzene rings is 3. The minimum atomic E-state index is -0.209. The van der Waals surface area contributed by atoms with Gasteiger partial charge in [0.05, 0.1) is 7.11 Å². The van der Waals surface area contributed by atoms with Gasteiger partial charge in [0.15, 0.2) is 0 Å². The zero-order chi connectivity index (χ0) is 18.6. The molecule has 1 aliphatic heterocycles. The van der Waals surface area contributed by atoms with E-state index in [0.29, 0.717) is 5.92 Å². The van der Waals surface area contributed by atoms with Crippen molar-refractivity contribution in [2.75, 3.05) is 7.11 Å². The fourth-order valence-electron chi connectivity index (χ4n) is 4.22. The summed E-state index contributed by atoms with van der Waals surface area (Å²) in [5.41, 5.74) is 2.39. The Morgan fingerprint density at radius 1 is 0.963 bits per heavy atom. The quantitative estimate of drug-likeness (QED) is 0.386. The first-order valence-corrected chi connectivity index (χ1v) is 10.1. The first kappa shape index (κ1) is 16.6. The number of rotatable bonds is 2. The monoisotopic (exact) mass is 374 g/mol. The summed E-state index contributed by atoms with van der Waals surface area (Å²) in [6.07, 6.45) is 0.961. The molecule has 0 amide bonds. The maximum absolute atomic E-state index is 6.27. The van der Waals surface area contributed by atoms with E-state index >= 15 is 0 Å². The highest BCUT2D eigenvalue weighted by molar-refractivity contribution is 7.25. The van der Waals surface area contributed by atoms with Crippen molar-refractivity contribution >= 4 is 31.5 Å². The molecule has 4 aromatic rings. The molecule has 0 saturated carbocycles. The van der Waals surface area contributed by atoms with E-state index in [1.54, 1.807) is 7.11 Å². The molecular weight excluding hydrogens is 352 g/mol. The zero-order valence-corrected chi connectivity index (χ0v) is 16.6. The zero-order valence-electron chi connectivity index (χ0n) is 15.8. The molecule has 0 fully saturated rings. The number of methoxy groups -OCH3 is 1. The lowest BCUT2D eigenvalue weighted by atomic mass is 9.80. The van der Waals surface area contributed by atoms with Crippen molar-refractivity contribution in [3.8, 4) is 11.5 Å². The van der Waals surface area contributed by atoms with Crippen LogP contribution in [0.5, 0.6) is 11.5 Å². The van der Waals surface area contributed by atoms with Crippen LogP contribution in [0, 0.1) is 0 Å². The van der Waals surface area contributed by atoms with Gasteiger partial charge in [0.1, 0.15) is 17.1 Å². The van der Waals surface area contributed by atoms with Gasteiger partial charge in [-0.2, -0.15) is 0 Å². The Hall–Kier alpha value is -2.52. The van der Waals surface area contributed by atoms with Crippen molar-refractivity contribution < 1.29 is 9.47 Å². The SMILES string of the molecule is COc1ccc2c(c1)OC(C)(C)CC2c1ccc2c(c1)sc1ccccc12. The molecule has 0 spiro atoms. The minimum Gasteiger partial charge on any atom is -0.497 e. The average molecular weight is 375 g/mol. The van der Waals surface area contributed by atoms with E-state index in [4.69, 9.17) is 9.47 Å². The van der Waals surface area contributed by atoms with Gasteiger partial charge < -0.3 is 9.47 Å². The minimum absolute atomic E-state index is 0.209. The molecule has 0 aliphatic carbocycles. The largest absolute Gasteiger partial charge is 0.497 e. The molecular formula is C24H22O2S. The third-order valence-electron chi connectivity index (χ3n) is 5.48. The molecule has 5 rings (SSSR count). The molecule has 27 heavy (non-hydrogen) atoms. The highest BCUT2D eigenvalue weighted by Crippen LogP contribution is 2.46. The Morgan fingerprint density at radius 2 is 1.78 bits per heavy atom. The van der Waals surface area contributed by atoms with Gasteiger partial charge in [-0.25, -0.2) is 0 Å². The number of hydrogen-bond acceptors (Lipinski definition) is 3. The second-order valence-corrected chi connectivity index (χ2v) is 8.96. The van der Waals surface area contributed by atoms with Crippen molar-refractivity contribution in [1.82, 2.24) is 0 Å². The second-order valence-electron chi connectivity index (χ2n) is 7.88. The van der Waals surface area contributed by atoms with E-state index in [2.05, 4.69) is 62.4 Å². The van der Waals surface area contributed by atoms with Gasteiger partial charge in [-0.05, 0) is 44.0 Å². The van der Waals surface area contributed by atoms with Crippen molar-refractivity contribution in [2.45, 2.75) is 31.8 Å². The van der Waals surface area contributed by atoms with Crippen LogP contribution < -0.4 is 9.47 Å². The van der Waals surface area contributed by atoms with E-state index < -0.39 is 0 Å². The maximum atomic E-state index is 6.27. The van der Waals surface area contributed by atoms with Crippen LogP contribution in [0.3, 0.4) is 0 Å². The molecule has 0 saturated heterocycles. The molecule has 136 valence electrons. The Labute approximate surface area is 163 Å². The van der Waals surface area contributed by atoms with Gasteiger partial charge in [0, 0.05) is 37.7 Å². The molecule has 1 atom stereocenters. The van der Waals surface area contributed by atoms with E-state index in [1.165, 1.54) is 31.3 Å². The maximum Gasteiger partial charge on any atom is 0.127 e. The fourth-order valence-corrected chi connectivity index (χ4v) is 5.37. The molecule has 1 unspecified atom stereocenters. The normalized spacial score (nSPS) is 18.3. The summed E-state index contributed by atoms with van der Waals surface area (Å²) < 4.78 is 14.4. The third kappa shape index (κ3) is 2.78. The lowest BCUT2D eigenvalue weighted by Gasteiger charge is -2.38. The third-order valence-corrected chi connectivity index (χ3v) is 6.62. The number of ether oxygens (including phenoxy) is 2. The summed E-state index contributed by atoms with van der Waals surface area (Å²) in [7, 11) is 1.70. The Morgan fingerprint density at radius 3 is 2.63 bits per heavy atom. The van der Waals surface area contributed by atoms with Gasteiger partial charge in [0.2, 0.25) is 0 Å². The van der Waals surface area contributed by atoms with Crippen LogP contribution in [-0.2, 0) is 0 Å². The van der Waals surface area contributed by atoms with E-state index in [0.717, 1.165) is 17.9 Å². The number of thiophene rings is 1. The van der Waals surface area contributed by atoms with E-state index in [9.17, 15) is 0 Å². The van der Waals surface area contributed by atoms with E-state index in [1.807, 2.05) is 23.5 Å². The molecule has 0 N–H and O–H groups in total. The van der Waals surface area contributed by atoms with Crippen LogP contribution in [0.4, 0.5) is 0 Å². The van der Waals surface area contributed by atoms with Gasteiger partial charge in [0.25, 0.3) is 0 Å². The van der Waals surface area contributed by atoms with Gasteiger partial charge >= 0.3 is 0 Å². The average Bonchev–Trinajstić information content (AvgIpc) is 3.03. The summed E-state index contributed by atoms with van der Waals surface area (Å²) >= 11 is 1.88. The molecule has 1 aliphatic rings. The van der Waals surface area contributed by atoms with Crippen LogP contribution in [0.15, 0.2) is 60.7 Å². The van der Waals surface area contributed by atoms with Crippen LogP contribution in [-0.4, -0.2) is 12.7 Å². The van der Waals surface area contributed by atoms with Gasteiger partial charge in [-0.3, -0.25) is 0 Å². The summed E-state index contributed by atoms with van der Waals surface area (Å²) in [6, 6.07) is 21.8. The van der Waals surface area contributed by atoms with Crippen LogP contribution in [0.2, 0.25) is 0 Å². The topological polar surface area (TPSA) is 18.5 Å². The molecule has 0 bridgehead atoms. The van der Waals surface area contributed by atoms with Crippen molar-refractivity contribution in [3.05, 3.63) is 71.8 Å². The highest BCUT2D eigenvalue weighted by Gasteiger charge is 2.35. The standard InChI is InChI=1S/C24H22O2S/c1-24(2)14-20(17-11-9-16(25-3)13-21(17)26-24)15-8-10-19-18-6-4-5-7-22(18)27-23(19)12-15/h4-13,20H,14H2,1-3H3. The Balaban J connectivity index is 1.66. The van der Waals surface area contributed by atoms with Gasteiger partial charge in [-0.1, -0.05) is 36.4 Å². The predicted molar refractivity (Wildman–Crippen MR) is 113 cm³/mol. The van der Waals surface area contributed by atoms with Crippen molar-refractivity contribution in [3.63, 3.8) is 0 Å². The van der Waals surface area contributed by atoms with Gasteiger partial charge in [-0.15, -0.1) is 11.3 Å². The fraction of sp³-hybridized carbons (Fsp3) is 0.250. The summed E-state index contributed by atoms with van der Waals surface area (Å²) in [5, 5.41) is 2.70. The van der Waals surface area contributed by atoms with Crippen molar-refractivity contribution in [1.29, 1.82) is 0 Å². The summed E-state index contributed by atoms with van der Waals surface area (Å²) in [5.74, 6) is 2.10. The van der Waals surface area contributed by atoms with Crippen molar-refractivity contribution in [2.24, 2.45) is 0 Å². The number of fused-ring (bicyclic) bond motifs is 4.